The van der Waals surface area contributed by atoms with Crippen LogP contribution < -0.4 is 0 Å². The number of unbranched alkanes of at least 4 members (excludes halogenated alkanes) is 1. The molecule has 0 spiro atoms. The van der Waals surface area contributed by atoms with E-state index in [1.807, 2.05) is 29.2 Å². The fraction of sp³-hybridized carbons (Fsp3) is 0.424. The Morgan fingerprint density at radius 2 is 1.35 bits per heavy atom. The van der Waals surface area contributed by atoms with Crippen molar-refractivity contribution in [3.8, 4) is 0 Å². The molecule has 0 radical (unpaired) electrons. The molecule has 1 amide bonds. The number of quaternary nitrogens is 1. The second-order valence-electron chi connectivity index (χ2n) is 10.8. The van der Waals surface area contributed by atoms with E-state index in [-0.39, 0.29) is 5.91 Å². The standard InChI is InChI=1S/C33H44BrN2O/c1-7-36(8-2,24-30-20-27(5)17-28(6)21-30)15-10-9-14-35(23-29-18-25(3)16-26(4)19-29)33(37)31-12-11-13-32(34)22-31/h11-13,16-22H,7-10,14-15,23-24H2,1-6H3/q+1. The van der Waals surface area contributed by atoms with Crippen molar-refractivity contribution in [3.63, 3.8) is 0 Å². The van der Waals surface area contributed by atoms with Gasteiger partial charge in [-0.15, -0.1) is 0 Å². The fourth-order valence-electron chi connectivity index (χ4n) is 5.58. The van der Waals surface area contributed by atoms with Crippen LogP contribution in [0, 0.1) is 27.7 Å². The maximum Gasteiger partial charge on any atom is 0.254 e. The van der Waals surface area contributed by atoms with Crippen molar-refractivity contribution in [3.05, 3.63) is 104 Å². The van der Waals surface area contributed by atoms with Crippen LogP contribution >= 0.6 is 15.9 Å². The van der Waals surface area contributed by atoms with Gasteiger partial charge in [-0.05, 0) is 78.1 Å². The SMILES string of the molecule is CC[N+](CC)(CCCCN(Cc1cc(C)cc(C)c1)C(=O)c1cccc(Br)c1)Cc1cc(C)cc(C)c1. The van der Waals surface area contributed by atoms with E-state index in [1.54, 1.807) is 0 Å². The van der Waals surface area contributed by atoms with Crippen molar-refractivity contribution in [2.75, 3.05) is 26.2 Å². The second-order valence-corrected chi connectivity index (χ2v) is 11.7. The van der Waals surface area contributed by atoms with E-state index in [2.05, 4.69) is 93.9 Å². The third kappa shape index (κ3) is 8.55. The highest BCUT2D eigenvalue weighted by atomic mass is 79.9. The quantitative estimate of drug-likeness (QED) is 0.161. The molecule has 0 heterocycles. The Labute approximate surface area is 233 Å². The first-order chi connectivity index (χ1) is 17.6. The fourth-order valence-corrected chi connectivity index (χ4v) is 5.98. The summed E-state index contributed by atoms with van der Waals surface area (Å²) in [4.78, 5) is 15.6. The molecular formula is C33H44BrN2O+. The van der Waals surface area contributed by atoms with Crippen LogP contribution in [0.2, 0.25) is 0 Å². The molecule has 0 aliphatic carbocycles. The Kier molecular flexibility index (Phi) is 10.5. The third-order valence-corrected chi connectivity index (χ3v) is 7.96. The van der Waals surface area contributed by atoms with Gasteiger partial charge in [-0.25, -0.2) is 0 Å². The average molecular weight is 565 g/mol. The average Bonchev–Trinajstić information content (AvgIpc) is 2.83. The first-order valence-electron chi connectivity index (χ1n) is 13.7. The van der Waals surface area contributed by atoms with E-state index < -0.39 is 0 Å². The molecule has 0 unspecified atom stereocenters. The lowest BCUT2D eigenvalue weighted by atomic mass is 10.1. The van der Waals surface area contributed by atoms with Crippen LogP contribution in [0.1, 0.15) is 70.4 Å². The highest BCUT2D eigenvalue weighted by molar-refractivity contribution is 9.10. The van der Waals surface area contributed by atoms with Gasteiger partial charge in [0.15, 0.2) is 0 Å². The first-order valence-corrected chi connectivity index (χ1v) is 14.5. The van der Waals surface area contributed by atoms with Crippen LogP contribution in [0.15, 0.2) is 65.1 Å². The van der Waals surface area contributed by atoms with E-state index in [4.69, 9.17) is 0 Å². The van der Waals surface area contributed by atoms with E-state index >= 15 is 0 Å². The number of carbonyl (C=O) groups excluding carboxylic acids is 1. The van der Waals surface area contributed by atoms with Crippen LogP contribution in [-0.2, 0) is 13.1 Å². The highest BCUT2D eigenvalue weighted by Gasteiger charge is 2.24. The number of hydrogen-bond acceptors (Lipinski definition) is 1. The molecular weight excluding hydrogens is 520 g/mol. The predicted octanol–water partition coefficient (Wildman–Crippen LogP) is 8.16. The van der Waals surface area contributed by atoms with Crippen molar-refractivity contribution < 1.29 is 9.28 Å². The number of carbonyl (C=O) groups is 1. The maximum absolute atomic E-state index is 13.6. The molecule has 3 aromatic rings. The lowest BCUT2D eigenvalue weighted by Gasteiger charge is -2.37. The van der Waals surface area contributed by atoms with E-state index in [1.165, 1.54) is 33.4 Å². The molecule has 3 aromatic carbocycles. The summed E-state index contributed by atoms with van der Waals surface area (Å²) in [6.45, 7) is 19.1. The number of halogens is 1. The molecule has 0 saturated heterocycles. The van der Waals surface area contributed by atoms with Gasteiger partial charge in [-0.1, -0.05) is 80.6 Å². The summed E-state index contributed by atoms with van der Waals surface area (Å²) < 4.78 is 2.02. The zero-order chi connectivity index (χ0) is 27.0. The van der Waals surface area contributed by atoms with Gasteiger partial charge in [0.1, 0.15) is 6.54 Å². The summed E-state index contributed by atoms with van der Waals surface area (Å²) in [6, 6.07) is 21.3. The molecule has 3 nitrogen and oxygen atoms in total. The number of rotatable bonds is 12. The number of benzene rings is 3. The summed E-state index contributed by atoms with van der Waals surface area (Å²) in [5, 5.41) is 0. The Bertz CT molecular complexity index is 1160. The Hall–Kier alpha value is -2.43. The van der Waals surface area contributed by atoms with Crippen molar-refractivity contribution >= 4 is 21.8 Å². The normalized spacial score (nSPS) is 11.5. The minimum Gasteiger partial charge on any atom is -0.334 e. The summed E-state index contributed by atoms with van der Waals surface area (Å²) in [5.41, 5.74) is 8.53. The zero-order valence-corrected chi connectivity index (χ0v) is 25.2. The van der Waals surface area contributed by atoms with Crippen LogP contribution in [0.3, 0.4) is 0 Å². The number of nitrogens with zero attached hydrogens (tertiary/aromatic N) is 2. The molecule has 0 aliphatic rings. The molecule has 0 saturated carbocycles. The molecule has 3 rings (SSSR count). The molecule has 0 aliphatic heterocycles. The van der Waals surface area contributed by atoms with Gasteiger partial charge in [-0.3, -0.25) is 4.79 Å². The topological polar surface area (TPSA) is 20.3 Å². The summed E-state index contributed by atoms with van der Waals surface area (Å²) in [7, 11) is 0. The molecule has 0 bridgehead atoms. The second kappa shape index (κ2) is 13.4. The van der Waals surface area contributed by atoms with E-state index in [0.29, 0.717) is 6.54 Å². The van der Waals surface area contributed by atoms with Gasteiger partial charge in [0.05, 0.1) is 19.6 Å². The molecule has 0 N–H and O–H groups in total. The van der Waals surface area contributed by atoms with Gasteiger partial charge < -0.3 is 9.38 Å². The molecule has 4 heteroatoms. The minimum absolute atomic E-state index is 0.0995. The Morgan fingerprint density at radius 3 is 1.89 bits per heavy atom. The van der Waals surface area contributed by atoms with Crippen molar-refractivity contribution in [1.29, 1.82) is 0 Å². The number of hydrogen-bond donors (Lipinski definition) is 0. The molecule has 37 heavy (non-hydrogen) atoms. The minimum atomic E-state index is 0.0995. The Balaban J connectivity index is 1.71. The smallest absolute Gasteiger partial charge is 0.254 e. The summed E-state index contributed by atoms with van der Waals surface area (Å²) in [5.74, 6) is 0.0995. The molecule has 0 fully saturated rings. The molecule has 0 atom stereocenters. The first kappa shape index (κ1) is 29.1. The largest absolute Gasteiger partial charge is 0.334 e. The number of amides is 1. The lowest BCUT2D eigenvalue weighted by molar-refractivity contribution is -0.938. The van der Waals surface area contributed by atoms with E-state index in [9.17, 15) is 4.79 Å². The van der Waals surface area contributed by atoms with Gasteiger partial charge in [0, 0.05) is 28.7 Å². The van der Waals surface area contributed by atoms with Crippen molar-refractivity contribution in [2.24, 2.45) is 0 Å². The van der Waals surface area contributed by atoms with Crippen molar-refractivity contribution in [2.45, 2.75) is 67.5 Å². The predicted molar refractivity (Wildman–Crippen MR) is 160 cm³/mol. The van der Waals surface area contributed by atoms with E-state index in [0.717, 1.165) is 60.1 Å². The van der Waals surface area contributed by atoms with Crippen molar-refractivity contribution in [1.82, 2.24) is 4.90 Å². The van der Waals surface area contributed by atoms with Crippen LogP contribution in [0.5, 0.6) is 0 Å². The van der Waals surface area contributed by atoms with Gasteiger partial charge in [-0.2, -0.15) is 0 Å². The van der Waals surface area contributed by atoms with Crippen LogP contribution in [0.25, 0.3) is 0 Å². The van der Waals surface area contributed by atoms with Gasteiger partial charge in [0.25, 0.3) is 5.91 Å². The Morgan fingerprint density at radius 1 is 0.784 bits per heavy atom. The van der Waals surface area contributed by atoms with Gasteiger partial charge >= 0.3 is 0 Å². The van der Waals surface area contributed by atoms with Crippen LogP contribution in [-0.4, -0.2) is 41.5 Å². The lowest BCUT2D eigenvalue weighted by Crippen LogP contribution is -2.47. The summed E-state index contributed by atoms with van der Waals surface area (Å²) in [6.07, 6.45) is 2.10. The third-order valence-electron chi connectivity index (χ3n) is 7.47. The monoisotopic (exact) mass is 563 g/mol. The number of aryl methyl sites for hydroxylation is 4. The van der Waals surface area contributed by atoms with Gasteiger partial charge in [0.2, 0.25) is 0 Å². The van der Waals surface area contributed by atoms with Crippen LogP contribution in [0.4, 0.5) is 0 Å². The molecule has 0 aromatic heterocycles. The molecule has 198 valence electrons. The highest BCUT2D eigenvalue weighted by Crippen LogP contribution is 2.21. The maximum atomic E-state index is 13.6. The zero-order valence-electron chi connectivity index (χ0n) is 23.6. The summed E-state index contributed by atoms with van der Waals surface area (Å²) >= 11 is 3.53.